The van der Waals surface area contributed by atoms with Gasteiger partial charge in [0.25, 0.3) is 0 Å². The first kappa shape index (κ1) is 16.1. The van der Waals surface area contributed by atoms with Crippen LogP contribution in [0, 0.1) is 0 Å². The van der Waals surface area contributed by atoms with Crippen molar-refractivity contribution in [1.29, 1.82) is 0 Å². The first-order valence-corrected chi connectivity index (χ1v) is 6.93. The predicted molar refractivity (Wildman–Crippen MR) is 77.9 cm³/mol. The number of rotatable bonds is 8. The Bertz CT molecular complexity index is 414. The third-order valence-corrected chi connectivity index (χ3v) is 2.93. The van der Waals surface area contributed by atoms with Gasteiger partial charge in [-0.15, -0.1) is 0 Å². The summed E-state index contributed by atoms with van der Waals surface area (Å²) < 4.78 is 5.48. The van der Waals surface area contributed by atoms with Crippen LogP contribution in [0.1, 0.15) is 19.3 Å². The summed E-state index contributed by atoms with van der Waals surface area (Å²) in [6, 6.07) is 5.05. The van der Waals surface area contributed by atoms with Crippen molar-refractivity contribution in [1.82, 2.24) is 5.32 Å². The molecule has 0 aliphatic rings. The molecule has 0 aliphatic carbocycles. The molecule has 0 saturated heterocycles. The molecule has 1 rings (SSSR count). The number of hydrogen-bond acceptors (Lipinski definition) is 3. The average molecular weight is 305 g/mol. The smallest absolute Gasteiger partial charge is 0.220 e. The second kappa shape index (κ2) is 9.02. The third-order valence-electron chi connectivity index (χ3n) is 2.40. The maximum atomic E-state index is 11.4. The highest BCUT2D eigenvalue weighted by molar-refractivity contribution is 6.35. The van der Waals surface area contributed by atoms with Gasteiger partial charge in [0.05, 0.1) is 11.6 Å². The van der Waals surface area contributed by atoms with E-state index < -0.39 is 0 Å². The van der Waals surface area contributed by atoms with Crippen molar-refractivity contribution in [3.05, 3.63) is 28.2 Å². The summed E-state index contributed by atoms with van der Waals surface area (Å²) in [5, 5.41) is 3.82. The number of carbonyl (C=O) groups is 1. The quantitative estimate of drug-likeness (QED) is 0.726. The minimum Gasteiger partial charge on any atom is -0.492 e. The Kier molecular flexibility index (Phi) is 7.63. The number of carbonyl (C=O) groups excluding carboxylic acids is 1. The van der Waals surface area contributed by atoms with Crippen molar-refractivity contribution in [2.75, 3.05) is 19.7 Å². The van der Waals surface area contributed by atoms with Crippen LogP contribution in [0.15, 0.2) is 18.2 Å². The zero-order valence-corrected chi connectivity index (χ0v) is 12.1. The SMILES string of the molecule is NCCCNC(=O)CCCOc1ccc(Cl)cc1Cl. The first-order chi connectivity index (χ1) is 9.13. The Labute approximate surface area is 123 Å². The maximum Gasteiger partial charge on any atom is 0.220 e. The van der Waals surface area contributed by atoms with Crippen molar-refractivity contribution >= 4 is 29.1 Å². The molecule has 3 N–H and O–H groups in total. The Morgan fingerprint density at radius 3 is 2.79 bits per heavy atom. The molecule has 19 heavy (non-hydrogen) atoms. The highest BCUT2D eigenvalue weighted by Gasteiger charge is 2.04. The van der Waals surface area contributed by atoms with Crippen LogP contribution in [0.3, 0.4) is 0 Å². The minimum atomic E-state index is 0.0132. The van der Waals surface area contributed by atoms with Crippen LogP contribution < -0.4 is 15.8 Å². The summed E-state index contributed by atoms with van der Waals surface area (Å²) in [6.07, 6.45) is 1.85. The molecule has 1 aromatic rings. The molecule has 0 fully saturated rings. The molecule has 0 spiro atoms. The Morgan fingerprint density at radius 1 is 1.32 bits per heavy atom. The lowest BCUT2D eigenvalue weighted by molar-refractivity contribution is -0.121. The molecule has 4 nitrogen and oxygen atoms in total. The zero-order valence-electron chi connectivity index (χ0n) is 10.6. The highest BCUT2D eigenvalue weighted by atomic mass is 35.5. The summed E-state index contributed by atoms with van der Waals surface area (Å²) in [4.78, 5) is 11.4. The first-order valence-electron chi connectivity index (χ1n) is 6.18. The van der Waals surface area contributed by atoms with Crippen LogP contribution in [-0.4, -0.2) is 25.6 Å². The number of ether oxygens (including phenoxy) is 1. The number of amides is 1. The summed E-state index contributed by atoms with van der Waals surface area (Å²) >= 11 is 11.7. The van der Waals surface area contributed by atoms with Crippen molar-refractivity contribution < 1.29 is 9.53 Å². The second-order valence-corrected chi connectivity index (χ2v) is 4.86. The molecule has 0 saturated carbocycles. The van der Waals surface area contributed by atoms with Gasteiger partial charge in [0.1, 0.15) is 5.75 Å². The lowest BCUT2D eigenvalue weighted by Gasteiger charge is -2.08. The fourth-order valence-corrected chi connectivity index (χ4v) is 1.89. The molecule has 0 aliphatic heterocycles. The highest BCUT2D eigenvalue weighted by Crippen LogP contribution is 2.27. The molecule has 0 atom stereocenters. The zero-order chi connectivity index (χ0) is 14.1. The molecule has 0 aromatic heterocycles. The molecule has 0 radical (unpaired) electrons. The fraction of sp³-hybridized carbons (Fsp3) is 0.462. The summed E-state index contributed by atoms with van der Waals surface area (Å²) in [7, 11) is 0. The molecule has 106 valence electrons. The number of benzene rings is 1. The van der Waals surface area contributed by atoms with E-state index in [-0.39, 0.29) is 5.91 Å². The van der Waals surface area contributed by atoms with E-state index >= 15 is 0 Å². The molecule has 0 unspecified atom stereocenters. The normalized spacial score (nSPS) is 10.3. The van der Waals surface area contributed by atoms with Crippen molar-refractivity contribution in [2.24, 2.45) is 5.73 Å². The van der Waals surface area contributed by atoms with E-state index in [1.165, 1.54) is 0 Å². The van der Waals surface area contributed by atoms with Gasteiger partial charge in [-0.2, -0.15) is 0 Å². The number of hydrogen-bond donors (Lipinski definition) is 2. The van der Waals surface area contributed by atoms with Crippen LogP contribution in [0.2, 0.25) is 10.0 Å². The monoisotopic (exact) mass is 304 g/mol. The minimum absolute atomic E-state index is 0.0132. The largest absolute Gasteiger partial charge is 0.492 e. The molecule has 1 aromatic carbocycles. The van der Waals surface area contributed by atoms with Crippen LogP contribution in [0.5, 0.6) is 5.75 Å². The fourth-order valence-electron chi connectivity index (χ4n) is 1.43. The molecule has 0 bridgehead atoms. The van der Waals surface area contributed by atoms with Gasteiger partial charge in [-0.05, 0) is 37.6 Å². The molecular formula is C13H18Cl2N2O2. The predicted octanol–water partition coefficient (Wildman–Crippen LogP) is 2.62. The molecular weight excluding hydrogens is 287 g/mol. The molecule has 1 amide bonds. The summed E-state index contributed by atoms with van der Waals surface area (Å²) in [6.45, 7) is 1.64. The van der Waals surface area contributed by atoms with Crippen LogP contribution >= 0.6 is 23.2 Å². The standard InChI is InChI=1S/C13H18Cl2N2O2/c14-10-4-5-12(11(15)9-10)19-8-1-3-13(18)17-7-2-6-16/h4-5,9H,1-3,6-8,16H2,(H,17,18). The van der Waals surface area contributed by atoms with Gasteiger partial charge in [0.15, 0.2) is 0 Å². The Morgan fingerprint density at radius 2 is 2.11 bits per heavy atom. The van der Waals surface area contributed by atoms with E-state index in [9.17, 15) is 4.79 Å². The average Bonchev–Trinajstić information content (AvgIpc) is 2.37. The van der Waals surface area contributed by atoms with Crippen molar-refractivity contribution in [2.45, 2.75) is 19.3 Å². The van der Waals surface area contributed by atoms with E-state index in [1.54, 1.807) is 18.2 Å². The van der Waals surface area contributed by atoms with E-state index in [0.717, 1.165) is 6.42 Å². The van der Waals surface area contributed by atoms with E-state index in [1.807, 2.05) is 0 Å². The van der Waals surface area contributed by atoms with Gasteiger partial charge in [-0.1, -0.05) is 23.2 Å². The second-order valence-electron chi connectivity index (χ2n) is 4.02. The van der Waals surface area contributed by atoms with E-state index in [0.29, 0.717) is 48.3 Å². The Balaban J connectivity index is 2.18. The Hall–Kier alpha value is -0.970. The number of nitrogens with one attached hydrogen (secondary N) is 1. The summed E-state index contributed by atoms with van der Waals surface area (Å²) in [5.41, 5.74) is 5.33. The van der Waals surface area contributed by atoms with E-state index in [4.69, 9.17) is 33.7 Å². The van der Waals surface area contributed by atoms with Crippen LogP contribution in [-0.2, 0) is 4.79 Å². The van der Waals surface area contributed by atoms with Crippen LogP contribution in [0.4, 0.5) is 0 Å². The maximum absolute atomic E-state index is 11.4. The van der Waals surface area contributed by atoms with Gasteiger partial charge < -0.3 is 15.8 Å². The third kappa shape index (κ3) is 6.66. The number of nitrogens with two attached hydrogens (primary N) is 1. The van der Waals surface area contributed by atoms with Gasteiger partial charge in [-0.3, -0.25) is 4.79 Å². The molecule has 6 heteroatoms. The van der Waals surface area contributed by atoms with Crippen LogP contribution in [0.25, 0.3) is 0 Å². The van der Waals surface area contributed by atoms with Gasteiger partial charge in [-0.25, -0.2) is 0 Å². The van der Waals surface area contributed by atoms with Crippen molar-refractivity contribution in [3.8, 4) is 5.75 Å². The van der Waals surface area contributed by atoms with Gasteiger partial charge >= 0.3 is 0 Å². The number of halogens is 2. The topological polar surface area (TPSA) is 64.3 Å². The van der Waals surface area contributed by atoms with Gasteiger partial charge in [0.2, 0.25) is 5.91 Å². The molecule has 0 heterocycles. The van der Waals surface area contributed by atoms with Crippen molar-refractivity contribution in [3.63, 3.8) is 0 Å². The lowest BCUT2D eigenvalue weighted by atomic mass is 10.3. The van der Waals surface area contributed by atoms with Gasteiger partial charge in [0, 0.05) is 18.0 Å². The lowest BCUT2D eigenvalue weighted by Crippen LogP contribution is -2.26. The van der Waals surface area contributed by atoms with E-state index in [2.05, 4.69) is 5.32 Å². The summed E-state index contributed by atoms with van der Waals surface area (Å²) in [5.74, 6) is 0.592.